The van der Waals surface area contributed by atoms with Crippen LogP contribution in [0.4, 0.5) is 11.4 Å². The lowest BCUT2D eigenvalue weighted by Gasteiger charge is -2.29. The van der Waals surface area contributed by atoms with Crippen LogP contribution in [0.25, 0.3) is 10.2 Å². The molecule has 3 aromatic rings. The maximum atomic E-state index is 12.6. The number of benzene rings is 1. The van der Waals surface area contributed by atoms with Crippen LogP contribution in [0.5, 0.6) is 0 Å². The highest BCUT2D eigenvalue weighted by molar-refractivity contribution is 7.98. The van der Waals surface area contributed by atoms with Crippen LogP contribution in [0.2, 0.25) is 0 Å². The molecule has 2 N–H and O–H groups in total. The van der Waals surface area contributed by atoms with Crippen molar-refractivity contribution >= 4 is 50.6 Å². The topological polar surface area (TPSA) is 87.3 Å². The number of fused-ring (bicyclic) bond motifs is 3. The van der Waals surface area contributed by atoms with Gasteiger partial charge in [0.15, 0.2) is 0 Å². The Kier molecular flexibility index (Phi) is 6.99. The Morgan fingerprint density at radius 2 is 2.09 bits per heavy atom. The molecule has 1 aromatic carbocycles. The summed E-state index contributed by atoms with van der Waals surface area (Å²) in [5.74, 6) is 1.93. The SMILES string of the molecule is O=C(CCSCc1nc2sc3c(c2c(=O)[nH]1)CCCC3)Nc1cccc(N2CCOCC2)c1. The molecule has 174 valence electrons. The standard InChI is InChI=1S/C24H28N4O3S2/c29-21(25-16-4-3-5-17(14-16)28-9-11-31-12-10-28)8-13-32-15-20-26-23(30)22-18-6-1-2-7-19(18)33-24(22)27-20/h3-5,14H,1-2,6-13,15H2,(H,25,29)(H,26,27,30). The molecule has 2 aromatic heterocycles. The second-order valence-electron chi connectivity index (χ2n) is 8.40. The van der Waals surface area contributed by atoms with Crippen LogP contribution in [0.3, 0.4) is 0 Å². The third kappa shape index (κ3) is 5.26. The zero-order chi connectivity index (χ0) is 22.6. The number of anilines is 2. The summed E-state index contributed by atoms with van der Waals surface area (Å²) in [6.07, 6.45) is 4.80. The van der Waals surface area contributed by atoms with Gasteiger partial charge in [0.05, 0.1) is 24.4 Å². The van der Waals surface area contributed by atoms with E-state index in [4.69, 9.17) is 9.72 Å². The molecule has 2 aliphatic rings. The second kappa shape index (κ2) is 10.3. The maximum Gasteiger partial charge on any atom is 0.259 e. The third-order valence-corrected chi connectivity index (χ3v) is 8.25. The molecular formula is C24H28N4O3S2. The molecule has 5 rings (SSSR count). The van der Waals surface area contributed by atoms with Gasteiger partial charge in [-0.2, -0.15) is 11.8 Å². The molecule has 33 heavy (non-hydrogen) atoms. The van der Waals surface area contributed by atoms with E-state index in [1.54, 1.807) is 23.1 Å². The van der Waals surface area contributed by atoms with E-state index in [-0.39, 0.29) is 11.5 Å². The van der Waals surface area contributed by atoms with Gasteiger partial charge < -0.3 is 19.9 Å². The fraction of sp³-hybridized carbons (Fsp3) is 0.458. The average Bonchev–Trinajstić information content (AvgIpc) is 3.21. The van der Waals surface area contributed by atoms with E-state index in [9.17, 15) is 9.59 Å². The predicted octanol–water partition coefficient (Wildman–Crippen LogP) is 3.96. The lowest BCUT2D eigenvalue weighted by Crippen LogP contribution is -2.36. The molecule has 0 radical (unpaired) electrons. The van der Waals surface area contributed by atoms with Gasteiger partial charge in [0.2, 0.25) is 5.91 Å². The summed E-state index contributed by atoms with van der Waals surface area (Å²) in [7, 11) is 0. The van der Waals surface area contributed by atoms with E-state index < -0.39 is 0 Å². The Morgan fingerprint density at radius 1 is 1.24 bits per heavy atom. The van der Waals surface area contributed by atoms with Gasteiger partial charge in [-0.1, -0.05) is 6.07 Å². The highest BCUT2D eigenvalue weighted by atomic mass is 32.2. The van der Waals surface area contributed by atoms with Crippen molar-refractivity contribution in [3.05, 3.63) is 50.9 Å². The highest BCUT2D eigenvalue weighted by Gasteiger charge is 2.19. The number of H-pyrrole nitrogens is 1. The molecule has 3 heterocycles. The highest BCUT2D eigenvalue weighted by Crippen LogP contribution is 2.33. The van der Waals surface area contributed by atoms with Gasteiger partial charge in [-0.25, -0.2) is 4.98 Å². The zero-order valence-electron chi connectivity index (χ0n) is 18.5. The van der Waals surface area contributed by atoms with Crippen molar-refractivity contribution in [1.82, 2.24) is 9.97 Å². The monoisotopic (exact) mass is 484 g/mol. The van der Waals surface area contributed by atoms with Crippen LogP contribution in [0.1, 0.15) is 35.5 Å². The summed E-state index contributed by atoms with van der Waals surface area (Å²) in [6, 6.07) is 7.96. The van der Waals surface area contributed by atoms with Crippen LogP contribution in [0.15, 0.2) is 29.1 Å². The van der Waals surface area contributed by atoms with Crippen LogP contribution in [-0.2, 0) is 28.1 Å². The first-order chi connectivity index (χ1) is 16.2. The summed E-state index contributed by atoms with van der Waals surface area (Å²) in [5.41, 5.74) is 3.11. The smallest absolute Gasteiger partial charge is 0.259 e. The lowest BCUT2D eigenvalue weighted by molar-refractivity contribution is -0.115. The van der Waals surface area contributed by atoms with Crippen LogP contribution >= 0.6 is 23.1 Å². The number of thiophene rings is 1. The number of aromatic nitrogens is 2. The van der Waals surface area contributed by atoms with E-state index in [2.05, 4.69) is 21.3 Å². The third-order valence-electron chi connectivity index (χ3n) is 6.09. The number of carbonyl (C=O) groups is 1. The van der Waals surface area contributed by atoms with E-state index >= 15 is 0 Å². The van der Waals surface area contributed by atoms with Gasteiger partial charge in [0.1, 0.15) is 10.7 Å². The number of carbonyl (C=O) groups excluding carboxylic acids is 1. The quantitative estimate of drug-likeness (QED) is 0.494. The number of thioether (sulfide) groups is 1. The first-order valence-electron chi connectivity index (χ1n) is 11.5. The lowest BCUT2D eigenvalue weighted by atomic mass is 9.97. The molecule has 1 aliphatic heterocycles. The van der Waals surface area contributed by atoms with Gasteiger partial charge in [0.25, 0.3) is 5.56 Å². The van der Waals surface area contributed by atoms with Gasteiger partial charge in [0, 0.05) is 41.5 Å². The Labute approximate surface area is 200 Å². The number of ether oxygens (including phenoxy) is 1. The van der Waals surface area contributed by atoms with Crippen molar-refractivity contribution in [2.75, 3.05) is 42.3 Å². The van der Waals surface area contributed by atoms with Gasteiger partial charge in [-0.05, 0) is 49.4 Å². The van der Waals surface area contributed by atoms with Crippen molar-refractivity contribution in [3.63, 3.8) is 0 Å². The molecule has 1 aliphatic carbocycles. The Bertz CT molecular complexity index is 1200. The number of aryl methyl sites for hydroxylation is 2. The van der Waals surface area contributed by atoms with Crippen molar-refractivity contribution in [1.29, 1.82) is 0 Å². The summed E-state index contributed by atoms with van der Waals surface area (Å²) in [5, 5.41) is 3.79. The summed E-state index contributed by atoms with van der Waals surface area (Å²) in [6.45, 7) is 3.19. The van der Waals surface area contributed by atoms with E-state index in [1.165, 1.54) is 16.9 Å². The van der Waals surface area contributed by atoms with Crippen molar-refractivity contribution in [2.45, 2.75) is 37.9 Å². The molecule has 0 spiro atoms. The van der Waals surface area contributed by atoms with E-state index in [1.807, 2.05) is 18.2 Å². The van der Waals surface area contributed by atoms with Crippen molar-refractivity contribution < 1.29 is 9.53 Å². The second-order valence-corrected chi connectivity index (χ2v) is 10.6. The van der Waals surface area contributed by atoms with Gasteiger partial charge in [-0.15, -0.1) is 11.3 Å². The molecule has 0 bridgehead atoms. The summed E-state index contributed by atoms with van der Waals surface area (Å²) in [4.78, 5) is 37.2. The first kappa shape index (κ1) is 22.4. The van der Waals surface area contributed by atoms with Crippen LogP contribution < -0.4 is 15.8 Å². The number of amides is 1. The zero-order valence-corrected chi connectivity index (χ0v) is 20.2. The number of hydrogen-bond acceptors (Lipinski definition) is 7. The summed E-state index contributed by atoms with van der Waals surface area (Å²) < 4.78 is 5.41. The molecule has 7 nitrogen and oxygen atoms in total. The summed E-state index contributed by atoms with van der Waals surface area (Å²) >= 11 is 3.28. The van der Waals surface area contributed by atoms with Crippen molar-refractivity contribution in [3.8, 4) is 0 Å². The Balaban J connectivity index is 1.13. The molecule has 1 amide bonds. The predicted molar refractivity (Wildman–Crippen MR) is 136 cm³/mol. The number of nitrogens with zero attached hydrogens (tertiary/aromatic N) is 2. The Morgan fingerprint density at radius 3 is 2.97 bits per heavy atom. The molecule has 1 fully saturated rings. The van der Waals surface area contributed by atoms with E-state index in [0.717, 1.165) is 67.2 Å². The van der Waals surface area contributed by atoms with Gasteiger partial charge >= 0.3 is 0 Å². The molecule has 0 saturated carbocycles. The molecule has 1 saturated heterocycles. The minimum atomic E-state index is -0.0205. The van der Waals surface area contributed by atoms with Gasteiger partial charge in [-0.3, -0.25) is 9.59 Å². The minimum absolute atomic E-state index is 0.00976. The normalized spacial score (nSPS) is 16.1. The molecule has 0 atom stereocenters. The number of rotatable bonds is 7. The first-order valence-corrected chi connectivity index (χ1v) is 13.5. The molecular weight excluding hydrogens is 456 g/mol. The Hall–Kier alpha value is -2.36. The fourth-order valence-electron chi connectivity index (χ4n) is 4.44. The number of hydrogen-bond donors (Lipinski definition) is 2. The number of nitrogens with one attached hydrogen (secondary N) is 2. The van der Waals surface area contributed by atoms with E-state index in [0.29, 0.717) is 23.8 Å². The minimum Gasteiger partial charge on any atom is -0.378 e. The van der Waals surface area contributed by atoms with Crippen molar-refractivity contribution in [2.24, 2.45) is 0 Å². The molecule has 0 unspecified atom stereocenters. The van der Waals surface area contributed by atoms with Crippen LogP contribution in [0, 0.1) is 0 Å². The number of morpholine rings is 1. The number of aromatic amines is 1. The fourth-order valence-corrected chi connectivity index (χ4v) is 6.52. The maximum absolute atomic E-state index is 12.6. The van der Waals surface area contributed by atoms with Crippen LogP contribution in [-0.4, -0.2) is 47.9 Å². The largest absolute Gasteiger partial charge is 0.378 e. The molecule has 9 heteroatoms. The average molecular weight is 485 g/mol.